The Morgan fingerprint density at radius 1 is 1.50 bits per heavy atom. The molecule has 1 N–H and O–H groups in total. The monoisotopic (exact) mass is 229 g/mol. The third-order valence-corrected chi connectivity index (χ3v) is 2.42. The highest BCUT2D eigenvalue weighted by molar-refractivity contribution is 5.68. The molecule has 1 aromatic rings. The smallest absolute Gasteiger partial charge is 0.305 e. The van der Waals surface area contributed by atoms with Crippen LogP contribution in [0, 0.1) is 11.6 Å². The second-order valence-electron chi connectivity index (χ2n) is 3.65. The van der Waals surface area contributed by atoms with Crippen LogP contribution in [-0.4, -0.2) is 24.2 Å². The molecule has 0 heterocycles. The van der Waals surface area contributed by atoms with Gasteiger partial charge in [0.05, 0.1) is 12.1 Å². The Balaban J connectivity index is 2.90. The van der Waals surface area contributed by atoms with Gasteiger partial charge in [0.1, 0.15) is 11.6 Å². The van der Waals surface area contributed by atoms with E-state index in [1.165, 1.54) is 11.9 Å². The fourth-order valence-corrected chi connectivity index (χ4v) is 1.38. The molecular formula is C11H13F2NO2. The molecule has 0 saturated carbocycles. The summed E-state index contributed by atoms with van der Waals surface area (Å²) in [6.45, 7) is 1.64. The Kier molecular flexibility index (Phi) is 3.82. The second-order valence-corrected chi connectivity index (χ2v) is 3.65. The molecule has 1 aromatic carbocycles. The standard InChI is InChI=1S/C11H13F2NO2/c1-7(5-11(15)16)14(2)10-6-8(12)3-4-9(10)13/h3-4,6-7H,5H2,1-2H3,(H,15,16). The van der Waals surface area contributed by atoms with Crippen LogP contribution >= 0.6 is 0 Å². The van der Waals surface area contributed by atoms with Gasteiger partial charge >= 0.3 is 5.97 Å². The van der Waals surface area contributed by atoms with E-state index in [4.69, 9.17) is 5.11 Å². The number of halogens is 2. The van der Waals surface area contributed by atoms with Crippen molar-refractivity contribution >= 4 is 11.7 Å². The lowest BCUT2D eigenvalue weighted by atomic mass is 10.2. The number of anilines is 1. The zero-order valence-corrected chi connectivity index (χ0v) is 9.08. The van der Waals surface area contributed by atoms with Gasteiger partial charge in [-0.1, -0.05) is 0 Å². The SMILES string of the molecule is CC(CC(=O)O)N(C)c1cc(F)ccc1F. The van der Waals surface area contributed by atoms with Crippen molar-refractivity contribution in [2.45, 2.75) is 19.4 Å². The quantitative estimate of drug-likeness (QED) is 0.860. The highest BCUT2D eigenvalue weighted by Gasteiger charge is 2.17. The van der Waals surface area contributed by atoms with Crippen LogP contribution in [0.2, 0.25) is 0 Å². The third kappa shape index (κ3) is 2.92. The number of nitrogens with zero attached hydrogens (tertiary/aromatic N) is 1. The van der Waals surface area contributed by atoms with Crippen LogP contribution in [-0.2, 0) is 4.79 Å². The molecule has 0 spiro atoms. The highest BCUT2D eigenvalue weighted by Crippen LogP contribution is 2.21. The first-order valence-electron chi connectivity index (χ1n) is 4.81. The molecule has 1 unspecified atom stereocenters. The number of hydrogen-bond acceptors (Lipinski definition) is 2. The van der Waals surface area contributed by atoms with Crippen molar-refractivity contribution in [3.63, 3.8) is 0 Å². The van der Waals surface area contributed by atoms with Crippen LogP contribution in [0.4, 0.5) is 14.5 Å². The summed E-state index contributed by atoms with van der Waals surface area (Å²) in [5.41, 5.74) is 0.0637. The van der Waals surface area contributed by atoms with E-state index in [-0.39, 0.29) is 12.1 Å². The lowest BCUT2D eigenvalue weighted by Gasteiger charge is -2.26. The van der Waals surface area contributed by atoms with Crippen LogP contribution in [0.15, 0.2) is 18.2 Å². The molecule has 16 heavy (non-hydrogen) atoms. The Bertz CT molecular complexity index is 396. The van der Waals surface area contributed by atoms with Crippen molar-refractivity contribution in [2.75, 3.05) is 11.9 Å². The minimum atomic E-state index is -0.976. The van der Waals surface area contributed by atoms with E-state index in [2.05, 4.69) is 0 Å². The predicted molar refractivity (Wildman–Crippen MR) is 56.5 cm³/mol. The van der Waals surface area contributed by atoms with Gasteiger partial charge in [0.2, 0.25) is 0 Å². The summed E-state index contributed by atoms with van der Waals surface area (Å²) in [7, 11) is 1.53. The minimum absolute atomic E-state index is 0.0637. The van der Waals surface area contributed by atoms with Crippen LogP contribution in [0.3, 0.4) is 0 Å². The van der Waals surface area contributed by atoms with Crippen LogP contribution < -0.4 is 4.90 Å². The fraction of sp³-hybridized carbons (Fsp3) is 0.364. The van der Waals surface area contributed by atoms with Gasteiger partial charge < -0.3 is 10.0 Å². The zero-order valence-electron chi connectivity index (χ0n) is 9.08. The molecule has 0 radical (unpaired) electrons. The first kappa shape index (κ1) is 12.4. The van der Waals surface area contributed by atoms with Crippen LogP contribution in [0.5, 0.6) is 0 Å². The summed E-state index contributed by atoms with van der Waals surface area (Å²) in [4.78, 5) is 11.9. The molecule has 0 aromatic heterocycles. The molecule has 0 bridgehead atoms. The summed E-state index contributed by atoms with van der Waals surface area (Å²) >= 11 is 0. The molecule has 0 fully saturated rings. The summed E-state index contributed by atoms with van der Waals surface area (Å²) in [6.07, 6.45) is -0.132. The van der Waals surface area contributed by atoms with Gasteiger partial charge in [-0.05, 0) is 19.1 Å². The van der Waals surface area contributed by atoms with Gasteiger partial charge in [-0.15, -0.1) is 0 Å². The Hall–Kier alpha value is -1.65. The molecule has 1 atom stereocenters. The van der Waals surface area contributed by atoms with Crippen molar-refractivity contribution in [3.8, 4) is 0 Å². The van der Waals surface area contributed by atoms with E-state index in [9.17, 15) is 13.6 Å². The second kappa shape index (κ2) is 4.92. The van der Waals surface area contributed by atoms with Gasteiger partial charge in [0.15, 0.2) is 0 Å². The number of aliphatic carboxylic acids is 1. The van der Waals surface area contributed by atoms with Gasteiger partial charge in [-0.3, -0.25) is 4.79 Å². The van der Waals surface area contributed by atoms with E-state index in [1.54, 1.807) is 6.92 Å². The van der Waals surface area contributed by atoms with Crippen LogP contribution in [0.25, 0.3) is 0 Å². The van der Waals surface area contributed by atoms with Crippen LogP contribution in [0.1, 0.15) is 13.3 Å². The molecule has 3 nitrogen and oxygen atoms in total. The number of carboxylic acids is 1. The lowest BCUT2D eigenvalue weighted by molar-refractivity contribution is -0.137. The zero-order chi connectivity index (χ0) is 12.3. The van der Waals surface area contributed by atoms with E-state index in [0.717, 1.165) is 18.2 Å². The predicted octanol–water partition coefficient (Wildman–Crippen LogP) is 2.26. The molecule has 0 saturated heterocycles. The number of hydrogen-bond donors (Lipinski definition) is 1. The average molecular weight is 229 g/mol. The van der Waals surface area contributed by atoms with E-state index in [1.807, 2.05) is 0 Å². The van der Waals surface area contributed by atoms with Crippen molar-refractivity contribution in [1.82, 2.24) is 0 Å². The normalized spacial score (nSPS) is 12.2. The third-order valence-electron chi connectivity index (χ3n) is 2.42. The maximum Gasteiger partial charge on any atom is 0.305 e. The molecule has 5 heteroatoms. The summed E-state index contributed by atoms with van der Waals surface area (Å²) in [5.74, 6) is -2.09. The number of carboxylic acid groups (broad SMARTS) is 1. The Labute approximate surface area is 92.3 Å². The molecule has 0 aliphatic heterocycles. The molecule has 0 aliphatic rings. The van der Waals surface area contributed by atoms with Crippen molar-refractivity contribution < 1.29 is 18.7 Å². The summed E-state index contributed by atoms with van der Waals surface area (Å²) in [5, 5.41) is 8.61. The van der Waals surface area contributed by atoms with Crippen molar-refractivity contribution in [2.24, 2.45) is 0 Å². The number of benzene rings is 1. The Morgan fingerprint density at radius 3 is 2.69 bits per heavy atom. The fourth-order valence-electron chi connectivity index (χ4n) is 1.38. The van der Waals surface area contributed by atoms with Gasteiger partial charge in [-0.2, -0.15) is 0 Å². The van der Waals surface area contributed by atoms with Gasteiger partial charge in [0, 0.05) is 19.2 Å². The first-order chi connectivity index (χ1) is 7.41. The van der Waals surface area contributed by atoms with E-state index in [0.29, 0.717) is 0 Å². The topological polar surface area (TPSA) is 40.5 Å². The maximum absolute atomic E-state index is 13.4. The van der Waals surface area contributed by atoms with Gasteiger partial charge in [0.25, 0.3) is 0 Å². The van der Waals surface area contributed by atoms with Crippen molar-refractivity contribution in [3.05, 3.63) is 29.8 Å². The summed E-state index contributed by atoms with van der Waals surface area (Å²) < 4.78 is 26.3. The molecular weight excluding hydrogens is 216 g/mol. The summed E-state index contributed by atoms with van der Waals surface area (Å²) in [6, 6.07) is 2.69. The van der Waals surface area contributed by atoms with Gasteiger partial charge in [-0.25, -0.2) is 8.78 Å². The number of rotatable bonds is 4. The van der Waals surface area contributed by atoms with E-state index >= 15 is 0 Å². The Morgan fingerprint density at radius 2 is 2.12 bits per heavy atom. The molecule has 88 valence electrons. The first-order valence-corrected chi connectivity index (χ1v) is 4.81. The minimum Gasteiger partial charge on any atom is -0.481 e. The lowest BCUT2D eigenvalue weighted by Crippen LogP contribution is -2.31. The number of carbonyl (C=O) groups is 1. The molecule has 0 aliphatic carbocycles. The maximum atomic E-state index is 13.4. The highest BCUT2D eigenvalue weighted by atomic mass is 19.1. The van der Waals surface area contributed by atoms with Crippen molar-refractivity contribution in [1.29, 1.82) is 0 Å². The average Bonchev–Trinajstić information content (AvgIpc) is 2.19. The molecule has 1 rings (SSSR count). The van der Waals surface area contributed by atoms with E-state index < -0.39 is 23.6 Å². The molecule has 0 amide bonds. The largest absolute Gasteiger partial charge is 0.481 e.